The van der Waals surface area contributed by atoms with E-state index < -0.39 is 11.4 Å². The Kier molecular flexibility index (Phi) is 2.17. The lowest BCUT2D eigenvalue weighted by Crippen LogP contribution is -2.53. The van der Waals surface area contributed by atoms with E-state index in [9.17, 15) is 9.90 Å². The van der Waals surface area contributed by atoms with Crippen molar-refractivity contribution in [2.75, 3.05) is 13.2 Å². The number of benzene rings is 1. The smallest absolute Gasteiger partial charge is 0.318 e. The number of rotatable bonds is 2. The van der Waals surface area contributed by atoms with Gasteiger partial charge in [-0.25, -0.2) is 0 Å². The van der Waals surface area contributed by atoms with Gasteiger partial charge in [0.05, 0.1) is 13.2 Å². The number of ether oxygens (including phenoxy) is 1. The third-order valence-corrected chi connectivity index (χ3v) is 4.06. The average Bonchev–Trinajstić information content (AvgIpc) is 2.74. The first kappa shape index (κ1) is 11.4. The minimum absolute atomic E-state index is 0.232. The van der Waals surface area contributed by atoms with Crippen LogP contribution >= 0.6 is 0 Å². The summed E-state index contributed by atoms with van der Waals surface area (Å²) >= 11 is 0. The van der Waals surface area contributed by atoms with Gasteiger partial charge >= 0.3 is 5.97 Å². The number of hydrogen-bond acceptors (Lipinski definition) is 3. The van der Waals surface area contributed by atoms with E-state index in [1.165, 1.54) is 0 Å². The van der Waals surface area contributed by atoms with Gasteiger partial charge in [-0.3, -0.25) is 9.78 Å². The van der Waals surface area contributed by atoms with E-state index in [1.807, 2.05) is 30.5 Å². The summed E-state index contributed by atoms with van der Waals surface area (Å²) in [6, 6.07) is 7.65. The number of nitrogens with one attached hydrogen (secondary N) is 1. The lowest BCUT2D eigenvalue weighted by Gasteiger charge is -2.37. The number of aromatic amines is 1. The first-order valence-corrected chi connectivity index (χ1v) is 6.38. The summed E-state index contributed by atoms with van der Waals surface area (Å²) in [4.78, 5) is 18.9. The molecule has 2 N–H and O–H groups in total. The van der Waals surface area contributed by atoms with Gasteiger partial charge in [0, 0.05) is 34.2 Å². The molecule has 1 aliphatic heterocycles. The van der Waals surface area contributed by atoms with Crippen LogP contribution in [0.5, 0.6) is 0 Å². The summed E-state index contributed by atoms with van der Waals surface area (Å²) < 4.78 is 5.12. The maximum atomic E-state index is 11.5. The largest absolute Gasteiger partial charge is 0.480 e. The highest BCUT2D eigenvalue weighted by Crippen LogP contribution is 2.35. The van der Waals surface area contributed by atoms with Crippen molar-refractivity contribution in [3.63, 3.8) is 0 Å². The van der Waals surface area contributed by atoms with Crippen molar-refractivity contribution in [3.8, 4) is 0 Å². The molecule has 4 rings (SSSR count). The standard InChI is InChI=1S/C15H12N2O3/c18-14(19)15(7-20-8-15)9-1-2-10-11-6-16-4-3-12(11)17-13(10)5-9/h1-6,17H,7-8H2,(H,18,19). The molecule has 2 aromatic heterocycles. The number of hydrogen-bond donors (Lipinski definition) is 2. The number of H-pyrrole nitrogens is 1. The molecule has 3 heterocycles. The highest BCUT2D eigenvalue weighted by molar-refractivity contribution is 6.07. The first-order chi connectivity index (χ1) is 9.71. The molecule has 1 saturated heterocycles. The Morgan fingerprint density at radius 1 is 1.25 bits per heavy atom. The highest BCUT2D eigenvalue weighted by Gasteiger charge is 2.48. The Morgan fingerprint density at radius 3 is 2.80 bits per heavy atom. The van der Waals surface area contributed by atoms with Crippen LogP contribution in [0.15, 0.2) is 36.7 Å². The number of carboxylic acids is 1. The summed E-state index contributed by atoms with van der Waals surface area (Å²) in [5.74, 6) is -0.833. The fourth-order valence-corrected chi connectivity index (χ4v) is 2.76. The average molecular weight is 268 g/mol. The third kappa shape index (κ3) is 1.35. The quantitative estimate of drug-likeness (QED) is 0.746. The van der Waals surface area contributed by atoms with Crippen LogP contribution in [0.1, 0.15) is 5.56 Å². The Bertz CT molecular complexity index is 833. The summed E-state index contributed by atoms with van der Waals surface area (Å²) in [5, 5.41) is 11.5. The number of carboxylic acid groups (broad SMARTS) is 1. The van der Waals surface area contributed by atoms with Gasteiger partial charge in [0.25, 0.3) is 0 Å². The number of pyridine rings is 1. The van der Waals surface area contributed by atoms with E-state index in [0.29, 0.717) is 0 Å². The van der Waals surface area contributed by atoms with Crippen LogP contribution < -0.4 is 0 Å². The normalized spacial score (nSPS) is 17.2. The van der Waals surface area contributed by atoms with Crippen LogP contribution in [-0.2, 0) is 14.9 Å². The van der Waals surface area contributed by atoms with E-state index >= 15 is 0 Å². The predicted molar refractivity (Wildman–Crippen MR) is 73.7 cm³/mol. The monoisotopic (exact) mass is 268 g/mol. The van der Waals surface area contributed by atoms with Gasteiger partial charge in [-0.15, -0.1) is 0 Å². The topological polar surface area (TPSA) is 75.2 Å². The number of carbonyl (C=O) groups is 1. The first-order valence-electron chi connectivity index (χ1n) is 6.38. The lowest BCUT2D eigenvalue weighted by molar-refractivity contribution is -0.163. The van der Waals surface area contributed by atoms with Crippen molar-refractivity contribution in [2.45, 2.75) is 5.41 Å². The molecular weight excluding hydrogens is 256 g/mol. The van der Waals surface area contributed by atoms with Gasteiger partial charge in [-0.05, 0) is 17.7 Å². The van der Waals surface area contributed by atoms with Crippen LogP contribution in [0.25, 0.3) is 21.8 Å². The van der Waals surface area contributed by atoms with E-state index in [2.05, 4.69) is 9.97 Å². The minimum atomic E-state index is -0.899. The number of aromatic nitrogens is 2. The third-order valence-electron chi connectivity index (χ3n) is 4.06. The molecule has 0 radical (unpaired) electrons. The molecule has 1 fully saturated rings. The van der Waals surface area contributed by atoms with Gasteiger partial charge in [0.15, 0.2) is 0 Å². The van der Waals surface area contributed by atoms with Crippen LogP contribution in [-0.4, -0.2) is 34.3 Å². The summed E-state index contributed by atoms with van der Waals surface area (Å²) in [5.41, 5.74) is 1.81. The second kappa shape index (κ2) is 3.80. The van der Waals surface area contributed by atoms with Gasteiger partial charge in [0.1, 0.15) is 5.41 Å². The van der Waals surface area contributed by atoms with E-state index in [4.69, 9.17) is 4.74 Å². The molecule has 0 amide bonds. The summed E-state index contributed by atoms with van der Waals surface area (Å²) in [7, 11) is 0. The van der Waals surface area contributed by atoms with Crippen LogP contribution in [0, 0.1) is 0 Å². The maximum Gasteiger partial charge on any atom is 0.318 e. The molecule has 5 heteroatoms. The molecule has 1 aliphatic rings. The minimum Gasteiger partial charge on any atom is -0.480 e. The van der Waals surface area contributed by atoms with E-state index in [0.717, 1.165) is 27.4 Å². The number of fused-ring (bicyclic) bond motifs is 3. The molecule has 20 heavy (non-hydrogen) atoms. The Balaban J connectivity index is 1.95. The molecule has 0 bridgehead atoms. The fraction of sp³-hybridized carbons (Fsp3) is 0.200. The van der Waals surface area contributed by atoms with Gasteiger partial charge < -0.3 is 14.8 Å². The second-order valence-corrected chi connectivity index (χ2v) is 5.19. The maximum absolute atomic E-state index is 11.5. The lowest BCUT2D eigenvalue weighted by atomic mass is 9.78. The SMILES string of the molecule is O=C(O)C1(c2ccc3c(c2)[nH]c2ccncc23)COC1. The summed E-state index contributed by atoms with van der Waals surface area (Å²) in [6.45, 7) is 0.464. The predicted octanol–water partition coefficient (Wildman–Crippen LogP) is 2.07. The Labute approximate surface area is 114 Å². The van der Waals surface area contributed by atoms with Crippen LogP contribution in [0.3, 0.4) is 0 Å². The van der Waals surface area contributed by atoms with E-state index in [-0.39, 0.29) is 13.2 Å². The van der Waals surface area contributed by atoms with E-state index in [1.54, 1.807) is 6.20 Å². The van der Waals surface area contributed by atoms with Crippen LogP contribution in [0.4, 0.5) is 0 Å². The molecule has 1 aromatic carbocycles. The zero-order valence-electron chi connectivity index (χ0n) is 10.6. The molecule has 0 spiro atoms. The van der Waals surface area contributed by atoms with Crippen molar-refractivity contribution in [1.29, 1.82) is 0 Å². The Morgan fingerprint density at radius 2 is 2.10 bits per heavy atom. The zero-order chi connectivity index (χ0) is 13.7. The molecule has 0 aliphatic carbocycles. The molecule has 100 valence electrons. The van der Waals surface area contributed by atoms with Gasteiger partial charge in [-0.2, -0.15) is 0 Å². The molecule has 0 saturated carbocycles. The second-order valence-electron chi connectivity index (χ2n) is 5.19. The number of aliphatic carboxylic acids is 1. The van der Waals surface area contributed by atoms with Gasteiger partial charge in [-0.1, -0.05) is 12.1 Å². The number of nitrogens with zero attached hydrogens (tertiary/aromatic N) is 1. The Hall–Kier alpha value is -2.40. The zero-order valence-corrected chi connectivity index (χ0v) is 10.6. The molecule has 0 unspecified atom stereocenters. The van der Waals surface area contributed by atoms with Crippen molar-refractivity contribution in [2.24, 2.45) is 0 Å². The summed E-state index contributed by atoms with van der Waals surface area (Å²) in [6.07, 6.45) is 3.55. The molecule has 0 atom stereocenters. The van der Waals surface area contributed by atoms with Crippen molar-refractivity contribution in [3.05, 3.63) is 42.2 Å². The van der Waals surface area contributed by atoms with Gasteiger partial charge in [0.2, 0.25) is 0 Å². The van der Waals surface area contributed by atoms with Crippen molar-refractivity contribution >= 4 is 27.8 Å². The van der Waals surface area contributed by atoms with Crippen molar-refractivity contribution < 1.29 is 14.6 Å². The van der Waals surface area contributed by atoms with Crippen LogP contribution in [0.2, 0.25) is 0 Å². The molecule has 3 aromatic rings. The highest BCUT2D eigenvalue weighted by atomic mass is 16.5. The fourth-order valence-electron chi connectivity index (χ4n) is 2.76. The molecular formula is C15H12N2O3. The van der Waals surface area contributed by atoms with Crippen molar-refractivity contribution in [1.82, 2.24) is 9.97 Å². The molecule has 5 nitrogen and oxygen atoms in total.